The molecule has 1 aromatic rings. The molecule has 1 rings (SSSR count). The van der Waals surface area contributed by atoms with Crippen LogP contribution in [0, 0.1) is 0 Å². The van der Waals surface area contributed by atoms with Crippen molar-refractivity contribution >= 4 is 11.3 Å². The van der Waals surface area contributed by atoms with Gasteiger partial charge < -0.3 is 0 Å². The van der Waals surface area contributed by atoms with Gasteiger partial charge in [-0.05, 0) is 12.8 Å². The van der Waals surface area contributed by atoms with Crippen LogP contribution < -0.4 is 0 Å². The lowest BCUT2D eigenvalue weighted by Crippen LogP contribution is -2.34. The van der Waals surface area contributed by atoms with Gasteiger partial charge in [0.1, 0.15) is 5.69 Å². The molecular weight excluding hydrogens is 237 g/mol. The minimum Gasteiger partial charge on any atom is -0.240 e. The molecule has 0 aliphatic rings. The number of aromatic nitrogens is 1. The standard InChI is InChI=1S/C8H8F5NS/c1-2-3-6-14-5(4-15-6)7(9,10)8(11,12)13/h4H,2-3H2,1H3. The second kappa shape index (κ2) is 4.03. The summed E-state index contributed by atoms with van der Waals surface area (Å²) in [6.45, 7) is 1.79. The molecule has 1 heterocycles. The zero-order valence-electron chi connectivity index (χ0n) is 7.74. The van der Waals surface area contributed by atoms with Gasteiger partial charge in [0.25, 0.3) is 0 Å². The van der Waals surface area contributed by atoms with Crippen LogP contribution in [0.2, 0.25) is 0 Å². The van der Waals surface area contributed by atoms with Gasteiger partial charge in [-0.25, -0.2) is 4.98 Å². The smallest absolute Gasteiger partial charge is 0.240 e. The van der Waals surface area contributed by atoms with Gasteiger partial charge in [-0.3, -0.25) is 0 Å². The molecule has 0 fully saturated rings. The van der Waals surface area contributed by atoms with Crippen molar-refractivity contribution in [3.63, 3.8) is 0 Å². The van der Waals surface area contributed by atoms with Crippen molar-refractivity contribution in [3.05, 3.63) is 16.1 Å². The van der Waals surface area contributed by atoms with Crippen LogP contribution in [0.1, 0.15) is 24.0 Å². The lowest BCUT2D eigenvalue weighted by atomic mass is 10.2. The molecule has 0 atom stereocenters. The molecule has 1 nitrogen and oxygen atoms in total. The summed E-state index contributed by atoms with van der Waals surface area (Å²) in [4.78, 5) is 3.29. The molecule has 0 saturated carbocycles. The van der Waals surface area contributed by atoms with Crippen LogP contribution in [0.3, 0.4) is 0 Å². The first-order valence-electron chi connectivity index (χ1n) is 4.18. The predicted octanol–water partition coefficient (Wildman–Crippen LogP) is 3.75. The van der Waals surface area contributed by atoms with Crippen LogP contribution in [0.5, 0.6) is 0 Å². The molecule has 0 aliphatic carbocycles. The number of hydrogen-bond donors (Lipinski definition) is 0. The Morgan fingerprint density at radius 1 is 1.27 bits per heavy atom. The SMILES string of the molecule is CCCc1nc(C(F)(F)C(F)(F)F)cs1. The zero-order chi connectivity index (χ0) is 11.7. The Labute approximate surface area is 86.9 Å². The van der Waals surface area contributed by atoms with Crippen molar-refractivity contribution < 1.29 is 22.0 Å². The molecule has 0 amide bonds. The molecule has 0 unspecified atom stereocenters. The molecule has 86 valence electrons. The largest absolute Gasteiger partial charge is 0.459 e. The monoisotopic (exact) mass is 245 g/mol. The van der Waals surface area contributed by atoms with E-state index in [1.54, 1.807) is 6.92 Å². The van der Waals surface area contributed by atoms with Crippen molar-refractivity contribution in [1.29, 1.82) is 0 Å². The molecule has 7 heteroatoms. The first kappa shape index (κ1) is 12.4. The quantitative estimate of drug-likeness (QED) is 0.739. The summed E-state index contributed by atoms with van der Waals surface area (Å²) in [5.74, 6) is -4.85. The molecule has 0 aliphatic heterocycles. The Morgan fingerprint density at radius 3 is 2.33 bits per heavy atom. The highest BCUT2D eigenvalue weighted by atomic mass is 32.1. The van der Waals surface area contributed by atoms with Crippen LogP contribution in [0.4, 0.5) is 22.0 Å². The maximum atomic E-state index is 12.7. The van der Waals surface area contributed by atoms with Crippen molar-refractivity contribution in [2.45, 2.75) is 31.9 Å². The number of halogens is 5. The minimum atomic E-state index is -5.58. The van der Waals surface area contributed by atoms with E-state index in [2.05, 4.69) is 4.98 Å². The Bertz CT molecular complexity index is 330. The molecule has 15 heavy (non-hydrogen) atoms. The topological polar surface area (TPSA) is 12.9 Å². The number of hydrogen-bond acceptors (Lipinski definition) is 2. The fraction of sp³-hybridized carbons (Fsp3) is 0.625. The van der Waals surface area contributed by atoms with Gasteiger partial charge in [0.05, 0.1) is 5.01 Å². The maximum Gasteiger partial charge on any atom is 0.459 e. The normalized spacial score (nSPS) is 13.2. The van der Waals surface area contributed by atoms with Crippen LogP contribution in [-0.4, -0.2) is 11.2 Å². The first-order valence-corrected chi connectivity index (χ1v) is 5.06. The molecule has 0 saturated heterocycles. The van der Waals surface area contributed by atoms with Gasteiger partial charge in [-0.1, -0.05) is 6.92 Å². The Hall–Kier alpha value is -0.720. The Morgan fingerprint density at radius 2 is 1.87 bits per heavy atom. The van der Waals surface area contributed by atoms with Crippen LogP contribution >= 0.6 is 11.3 Å². The third-order valence-corrected chi connectivity index (χ3v) is 2.60. The molecule has 0 bridgehead atoms. The third kappa shape index (κ3) is 2.45. The summed E-state index contributed by atoms with van der Waals surface area (Å²) in [7, 11) is 0. The average molecular weight is 245 g/mol. The third-order valence-electron chi connectivity index (χ3n) is 1.69. The molecule has 1 aromatic heterocycles. The maximum absolute atomic E-state index is 12.7. The van der Waals surface area contributed by atoms with E-state index in [0.717, 1.165) is 16.7 Å². The van der Waals surface area contributed by atoms with E-state index >= 15 is 0 Å². The van der Waals surface area contributed by atoms with Gasteiger partial charge in [-0.2, -0.15) is 22.0 Å². The van der Waals surface area contributed by atoms with E-state index in [4.69, 9.17) is 0 Å². The Balaban J connectivity index is 2.95. The molecule has 0 N–H and O–H groups in total. The van der Waals surface area contributed by atoms with Crippen molar-refractivity contribution in [2.24, 2.45) is 0 Å². The highest BCUT2D eigenvalue weighted by Crippen LogP contribution is 2.43. The number of rotatable bonds is 3. The molecule has 0 radical (unpaired) electrons. The summed E-state index contributed by atoms with van der Waals surface area (Å²) in [6.07, 6.45) is -4.51. The summed E-state index contributed by atoms with van der Waals surface area (Å²) < 4.78 is 61.3. The van der Waals surface area contributed by atoms with Gasteiger partial charge >= 0.3 is 12.1 Å². The summed E-state index contributed by atoms with van der Waals surface area (Å²) in [6, 6.07) is 0. The number of thiazole rings is 1. The van der Waals surface area contributed by atoms with Crippen molar-refractivity contribution in [3.8, 4) is 0 Å². The van der Waals surface area contributed by atoms with Gasteiger partial charge in [0.15, 0.2) is 0 Å². The minimum absolute atomic E-state index is 0.302. The fourth-order valence-corrected chi connectivity index (χ4v) is 1.85. The fourth-order valence-electron chi connectivity index (χ4n) is 0.929. The van der Waals surface area contributed by atoms with E-state index in [-0.39, 0.29) is 0 Å². The molecular formula is C8H8F5NS. The lowest BCUT2D eigenvalue weighted by molar-refractivity contribution is -0.290. The highest BCUT2D eigenvalue weighted by Gasteiger charge is 2.60. The lowest BCUT2D eigenvalue weighted by Gasteiger charge is -2.16. The second-order valence-electron chi connectivity index (χ2n) is 2.95. The van der Waals surface area contributed by atoms with Gasteiger partial charge in [0, 0.05) is 5.38 Å². The van der Waals surface area contributed by atoms with Crippen molar-refractivity contribution in [2.75, 3.05) is 0 Å². The van der Waals surface area contributed by atoms with Crippen molar-refractivity contribution in [1.82, 2.24) is 4.98 Å². The molecule has 0 aromatic carbocycles. The van der Waals surface area contributed by atoms with E-state index in [1.807, 2.05) is 0 Å². The number of aryl methyl sites for hydroxylation is 1. The summed E-state index contributed by atoms with van der Waals surface area (Å²) in [5.41, 5.74) is -1.21. The van der Waals surface area contributed by atoms with E-state index in [9.17, 15) is 22.0 Å². The second-order valence-corrected chi connectivity index (χ2v) is 3.89. The molecule has 0 spiro atoms. The zero-order valence-corrected chi connectivity index (χ0v) is 8.55. The van der Waals surface area contributed by atoms with Crippen LogP contribution in [0.15, 0.2) is 5.38 Å². The van der Waals surface area contributed by atoms with E-state index in [1.165, 1.54) is 0 Å². The van der Waals surface area contributed by atoms with E-state index < -0.39 is 17.8 Å². The predicted molar refractivity (Wildman–Crippen MR) is 46.1 cm³/mol. The van der Waals surface area contributed by atoms with Crippen LogP contribution in [0.25, 0.3) is 0 Å². The van der Waals surface area contributed by atoms with Crippen LogP contribution in [-0.2, 0) is 12.3 Å². The highest BCUT2D eigenvalue weighted by molar-refractivity contribution is 7.09. The number of alkyl halides is 5. The summed E-state index contributed by atoms with van der Waals surface area (Å²) in [5, 5.41) is 1.06. The van der Waals surface area contributed by atoms with Gasteiger partial charge in [-0.15, -0.1) is 11.3 Å². The number of nitrogens with zero attached hydrogens (tertiary/aromatic N) is 1. The first-order chi connectivity index (χ1) is 6.79. The van der Waals surface area contributed by atoms with Gasteiger partial charge in [0.2, 0.25) is 0 Å². The summed E-state index contributed by atoms with van der Waals surface area (Å²) >= 11 is 0.826. The average Bonchev–Trinajstić information content (AvgIpc) is 2.51. The van der Waals surface area contributed by atoms with E-state index in [0.29, 0.717) is 17.8 Å². The Kier molecular flexibility index (Phi) is 3.32.